The van der Waals surface area contributed by atoms with E-state index in [1.165, 1.54) is 6.42 Å². The van der Waals surface area contributed by atoms with Crippen molar-refractivity contribution in [3.8, 4) is 0 Å². The summed E-state index contributed by atoms with van der Waals surface area (Å²) in [6.45, 7) is 9.87. The monoisotopic (exact) mass is 330 g/mol. The number of benzene rings is 1. The molecular weight excluding hydrogens is 300 g/mol. The number of hydrogen-bond acceptors (Lipinski definition) is 2. The first-order chi connectivity index (χ1) is 11.4. The molecule has 132 valence electrons. The van der Waals surface area contributed by atoms with Crippen molar-refractivity contribution in [2.45, 2.75) is 53.0 Å². The first-order valence-corrected chi connectivity index (χ1v) is 9.03. The predicted octanol–water partition coefficient (Wildman–Crippen LogP) is 3.40. The van der Waals surface area contributed by atoms with E-state index in [9.17, 15) is 9.59 Å². The molecule has 1 aliphatic heterocycles. The van der Waals surface area contributed by atoms with Gasteiger partial charge in [0.15, 0.2) is 0 Å². The van der Waals surface area contributed by atoms with E-state index in [1.54, 1.807) is 0 Å². The van der Waals surface area contributed by atoms with Crippen LogP contribution in [0.25, 0.3) is 0 Å². The molecule has 0 aliphatic carbocycles. The zero-order valence-corrected chi connectivity index (χ0v) is 15.3. The fraction of sp³-hybridized carbons (Fsp3) is 0.600. The van der Waals surface area contributed by atoms with Gasteiger partial charge in [-0.05, 0) is 49.7 Å². The van der Waals surface area contributed by atoms with Crippen molar-refractivity contribution < 1.29 is 9.59 Å². The summed E-state index contributed by atoms with van der Waals surface area (Å²) in [6, 6.07) is 7.05. The van der Waals surface area contributed by atoms with Crippen molar-refractivity contribution in [1.82, 2.24) is 10.2 Å². The average molecular weight is 330 g/mol. The van der Waals surface area contributed by atoms with Crippen molar-refractivity contribution >= 4 is 11.8 Å². The third-order valence-corrected chi connectivity index (χ3v) is 4.67. The molecule has 0 aromatic heterocycles. The van der Waals surface area contributed by atoms with Crippen LogP contribution >= 0.6 is 0 Å². The number of carbonyl (C=O) groups excluding carboxylic acids is 2. The summed E-state index contributed by atoms with van der Waals surface area (Å²) in [6.07, 6.45) is 2.89. The Morgan fingerprint density at radius 2 is 2.00 bits per heavy atom. The van der Waals surface area contributed by atoms with Gasteiger partial charge in [-0.3, -0.25) is 9.59 Å². The second kappa shape index (κ2) is 8.32. The Morgan fingerprint density at radius 3 is 2.62 bits per heavy atom. The quantitative estimate of drug-likeness (QED) is 0.899. The van der Waals surface area contributed by atoms with E-state index in [0.717, 1.165) is 25.1 Å². The third-order valence-electron chi connectivity index (χ3n) is 4.67. The Morgan fingerprint density at radius 1 is 1.29 bits per heavy atom. The van der Waals surface area contributed by atoms with E-state index in [1.807, 2.05) is 36.1 Å². The molecule has 0 bridgehead atoms. The van der Waals surface area contributed by atoms with Gasteiger partial charge in [0.1, 0.15) is 6.04 Å². The predicted molar refractivity (Wildman–Crippen MR) is 96.9 cm³/mol. The zero-order chi connectivity index (χ0) is 17.7. The lowest BCUT2D eigenvalue weighted by Gasteiger charge is -2.34. The van der Waals surface area contributed by atoms with Gasteiger partial charge in [-0.25, -0.2) is 0 Å². The van der Waals surface area contributed by atoms with Crippen molar-refractivity contribution in [3.63, 3.8) is 0 Å². The molecule has 0 radical (unpaired) electrons. The van der Waals surface area contributed by atoms with Gasteiger partial charge in [-0.1, -0.05) is 39.0 Å². The molecule has 1 N–H and O–H groups in total. The third kappa shape index (κ3) is 4.83. The van der Waals surface area contributed by atoms with Crippen LogP contribution in [-0.2, 0) is 4.79 Å². The topological polar surface area (TPSA) is 49.4 Å². The molecular formula is C20H30N2O2. The molecule has 1 aromatic carbocycles. The summed E-state index contributed by atoms with van der Waals surface area (Å²) in [7, 11) is 0. The Bertz CT molecular complexity index is 583. The maximum atomic E-state index is 12.9. The molecule has 4 nitrogen and oxygen atoms in total. The number of rotatable bonds is 5. The van der Waals surface area contributed by atoms with E-state index in [-0.39, 0.29) is 11.8 Å². The minimum absolute atomic E-state index is 0.0668. The van der Waals surface area contributed by atoms with E-state index < -0.39 is 6.04 Å². The van der Waals surface area contributed by atoms with Crippen LogP contribution in [0.15, 0.2) is 24.3 Å². The Balaban J connectivity index is 2.11. The van der Waals surface area contributed by atoms with Gasteiger partial charge in [0.05, 0.1) is 0 Å². The molecule has 2 atom stereocenters. The van der Waals surface area contributed by atoms with Crippen LogP contribution in [0.2, 0.25) is 0 Å². The van der Waals surface area contributed by atoms with E-state index in [2.05, 4.69) is 26.1 Å². The fourth-order valence-electron chi connectivity index (χ4n) is 3.37. The summed E-state index contributed by atoms with van der Waals surface area (Å²) in [5.74, 6) is 0.794. The van der Waals surface area contributed by atoms with Crippen LogP contribution in [0, 0.1) is 18.8 Å². The molecule has 2 rings (SSSR count). The molecule has 2 unspecified atom stereocenters. The first kappa shape index (κ1) is 18.5. The Labute approximate surface area is 145 Å². The highest BCUT2D eigenvalue weighted by molar-refractivity contribution is 5.98. The van der Waals surface area contributed by atoms with Crippen LogP contribution in [0.5, 0.6) is 0 Å². The second-order valence-electron chi connectivity index (χ2n) is 7.50. The van der Waals surface area contributed by atoms with Crippen LogP contribution in [0.4, 0.5) is 0 Å². The first-order valence-electron chi connectivity index (χ1n) is 9.03. The summed E-state index contributed by atoms with van der Waals surface area (Å²) in [5.41, 5.74) is 1.57. The van der Waals surface area contributed by atoms with Gasteiger partial charge in [-0.15, -0.1) is 0 Å². The minimum atomic E-state index is -0.442. The number of nitrogens with one attached hydrogen (secondary N) is 1. The lowest BCUT2D eigenvalue weighted by atomic mass is 9.97. The highest BCUT2D eigenvalue weighted by atomic mass is 16.2. The lowest BCUT2D eigenvalue weighted by Crippen LogP contribution is -2.51. The number of aryl methyl sites for hydroxylation is 1. The number of carbonyl (C=O) groups is 2. The zero-order valence-electron chi connectivity index (χ0n) is 15.3. The van der Waals surface area contributed by atoms with Crippen LogP contribution < -0.4 is 5.32 Å². The van der Waals surface area contributed by atoms with Gasteiger partial charge in [0, 0.05) is 18.7 Å². The van der Waals surface area contributed by atoms with E-state index >= 15 is 0 Å². The number of amides is 2. The van der Waals surface area contributed by atoms with Crippen molar-refractivity contribution in [3.05, 3.63) is 35.4 Å². The van der Waals surface area contributed by atoms with Crippen LogP contribution in [-0.4, -0.2) is 35.8 Å². The summed E-state index contributed by atoms with van der Waals surface area (Å²) < 4.78 is 0. The minimum Gasteiger partial charge on any atom is -0.341 e. The summed E-state index contributed by atoms with van der Waals surface area (Å²) in [4.78, 5) is 27.5. The highest BCUT2D eigenvalue weighted by Crippen LogP contribution is 2.18. The van der Waals surface area contributed by atoms with Gasteiger partial charge >= 0.3 is 0 Å². The molecule has 1 saturated heterocycles. The van der Waals surface area contributed by atoms with Gasteiger partial charge in [0.25, 0.3) is 5.91 Å². The van der Waals surface area contributed by atoms with Crippen molar-refractivity contribution in [2.24, 2.45) is 11.8 Å². The number of piperidine rings is 1. The largest absolute Gasteiger partial charge is 0.341 e. The molecule has 24 heavy (non-hydrogen) atoms. The number of hydrogen-bond donors (Lipinski definition) is 1. The highest BCUT2D eigenvalue weighted by Gasteiger charge is 2.29. The fourth-order valence-corrected chi connectivity index (χ4v) is 3.37. The average Bonchev–Trinajstić information content (AvgIpc) is 2.53. The SMILES string of the molecule is Cc1ccccc1C(=O)NC(CC(C)C)C(=O)N1CCCC(C)C1. The van der Waals surface area contributed by atoms with Gasteiger partial charge in [0.2, 0.25) is 5.91 Å². The molecule has 1 fully saturated rings. The van der Waals surface area contributed by atoms with Gasteiger partial charge < -0.3 is 10.2 Å². The second-order valence-corrected chi connectivity index (χ2v) is 7.50. The summed E-state index contributed by atoms with van der Waals surface area (Å²) in [5, 5.41) is 2.99. The molecule has 1 heterocycles. The van der Waals surface area contributed by atoms with Crippen molar-refractivity contribution in [1.29, 1.82) is 0 Å². The van der Waals surface area contributed by atoms with Crippen molar-refractivity contribution in [2.75, 3.05) is 13.1 Å². The lowest BCUT2D eigenvalue weighted by molar-refractivity contribution is -0.135. The maximum Gasteiger partial charge on any atom is 0.252 e. The maximum absolute atomic E-state index is 12.9. The summed E-state index contributed by atoms with van der Waals surface area (Å²) >= 11 is 0. The van der Waals surface area contributed by atoms with Crippen LogP contribution in [0.1, 0.15) is 56.0 Å². The number of likely N-dealkylation sites (tertiary alicyclic amines) is 1. The molecule has 0 saturated carbocycles. The number of nitrogens with zero attached hydrogens (tertiary/aromatic N) is 1. The normalized spacial score (nSPS) is 19.2. The standard InChI is InChI=1S/C20H30N2O2/c1-14(2)12-18(20(24)22-11-7-8-15(3)13-22)21-19(23)17-10-6-5-9-16(17)4/h5-6,9-10,14-15,18H,7-8,11-13H2,1-4H3,(H,21,23). The molecule has 0 spiro atoms. The molecule has 2 amide bonds. The molecule has 1 aliphatic rings. The van der Waals surface area contributed by atoms with Crippen LogP contribution in [0.3, 0.4) is 0 Å². The molecule has 4 heteroatoms. The Hall–Kier alpha value is -1.84. The van der Waals surface area contributed by atoms with E-state index in [4.69, 9.17) is 0 Å². The smallest absolute Gasteiger partial charge is 0.252 e. The molecule has 1 aromatic rings. The Kier molecular flexibility index (Phi) is 6.41. The van der Waals surface area contributed by atoms with E-state index in [0.29, 0.717) is 23.8 Å². The van der Waals surface area contributed by atoms with Gasteiger partial charge in [-0.2, -0.15) is 0 Å².